The quantitative estimate of drug-likeness (QED) is 0.407. The van der Waals surface area contributed by atoms with Gasteiger partial charge in [-0.3, -0.25) is 14.6 Å². The molecular weight excluding hydrogens is 480 g/mol. The van der Waals surface area contributed by atoms with E-state index in [0.29, 0.717) is 47.2 Å². The number of para-hydroxylation sites is 1. The SMILES string of the molecule is CCC(=O)N1CCC(COc2cc3c(Nc4ccccc4)c(C(=O)NC(C)(C)C)cnc3cc2OC)CC1. The number of rotatable bonds is 8. The molecule has 0 bridgehead atoms. The lowest BCUT2D eigenvalue weighted by molar-refractivity contribution is -0.132. The molecule has 8 nitrogen and oxygen atoms in total. The van der Waals surface area contributed by atoms with Crippen LogP contribution in [-0.4, -0.2) is 54.0 Å². The molecule has 3 aromatic rings. The molecule has 1 aromatic heterocycles. The van der Waals surface area contributed by atoms with E-state index in [9.17, 15) is 9.59 Å². The summed E-state index contributed by atoms with van der Waals surface area (Å²) in [5.41, 5.74) is 2.24. The average Bonchev–Trinajstić information content (AvgIpc) is 2.91. The Kier molecular flexibility index (Phi) is 8.39. The van der Waals surface area contributed by atoms with Gasteiger partial charge in [0.15, 0.2) is 11.5 Å². The van der Waals surface area contributed by atoms with E-state index in [2.05, 4.69) is 15.6 Å². The van der Waals surface area contributed by atoms with E-state index in [1.807, 2.05) is 75.1 Å². The molecule has 0 saturated carbocycles. The maximum absolute atomic E-state index is 13.3. The lowest BCUT2D eigenvalue weighted by atomic mass is 9.97. The monoisotopic (exact) mass is 518 g/mol. The van der Waals surface area contributed by atoms with Crippen LogP contribution in [0.15, 0.2) is 48.7 Å². The predicted octanol–water partition coefficient (Wildman–Crippen LogP) is 5.54. The Labute approximate surface area is 224 Å². The number of ether oxygens (including phenoxy) is 2. The minimum Gasteiger partial charge on any atom is -0.493 e. The maximum Gasteiger partial charge on any atom is 0.255 e. The summed E-state index contributed by atoms with van der Waals surface area (Å²) in [6.07, 6.45) is 3.95. The number of likely N-dealkylation sites (tertiary alicyclic amines) is 1. The van der Waals surface area contributed by atoms with Crippen molar-refractivity contribution in [1.82, 2.24) is 15.2 Å². The number of aromatic nitrogens is 1. The van der Waals surface area contributed by atoms with Crippen LogP contribution in [0.3, 0.4) is 0 Å². The van der Waals surface area contributed by atoms with Gasteiger partial charge >= 0.3 is 0 Å². The molecule has 1 fully saturated rings. The van der Waals surface area contributed by atoms with E-state index in [-0.39, 0.29) is 11.8 Å². The zero-order chi connectivity index (χ0) is 27.3. The van der Waals surface area contributed by atoms with E-state index in [1.54, 1.807) is 13.3 Å². The van der Waals surface area contributed by atoms with Gasteiger partial charge in [0, 0.05) is 48.4 Å². The van der Waals surface area contributed by atoms with E-state index >= 15 is 0 Å². The number of pyridine rings is 1. The van der Waals surface area contributed by atoms with Gasteiger partial charge in [-0.25, -0.2) is 0 Å². The molecule has 38 heavy (non-hydrogen) atoms. The molecule has 2 heterocycles. The Bertz CT molecular complexity index is 1280. The normalized spacial score (nSPS) is 14.3. The fourth-order valence-electron chi connectivity index (χ4n) is 4.63. The minimum atomic E-state index is -0.401. The third-order valence-electron chi connectivity index (χ3n) is 6.67. The summed E-state index contributed by atoms with van der Waals surface area (Å²) < 4.78 is 11.9. The van der Waals surface area contributed by atoms with Crippen molar-refractivity contribution in [3.63, 3.8) is 0 Å². The van der Waals surface area contributed by atoms with Gasteiger partial charge in [0.1, 0.15) is 0 Å². The molecular formula is C30H38N4O4. The first-order valence-corrected chi connectivity index (χ1v) is 13.2. The molecule has 0 atom stereocenters. The molecule has 1 aliphatic heterocycles. The van der Waals surface area contributed by atoms with Crippen LogP contribution in [0.4, 0.5) is 11.4 Å². The van der Waals surface area contributed by atoms with Crippen molar-refractivity contribution in [3.05, 3.63) is 54.2 Å². The summed E-state index contributed by atoms with van der Waals surface area (Å²) in [5, 5.41) is 7.24. The van der Waals surface area contributed by atoms with Gasteiger partial charge in [-0.2, -0.15) is 0 Å². The first kappa shape index (κ1) is 27.2. The number of nitrogens with one attached hydrogen (secondary N) is 2. The van der Waals surface area contributed by atoms with Crippen LogP contribution in [0.2, 0.25) is 0 Å². The fourth-order valence-corrected chi connectivity index (χ4v) is 4.63. The number of hydrogen-bond donors (Lipinski definition) is 2. The standard InChI is InChI=1S/C30H38N4O4/c1-6-27(35)34-14-12-20(13-15-34)19-38-26-16-22-24(17-25(26)37-5)31-18-23(29(36)33-30(2,3)4)28(22)32-21-10-8-7-9-11-21/h7-11,16-18,20H,6,12-15,19H2,1-5H3,(H,31,32)(H,33,36). The highest BCUT2D eigenvalue weighted by Gasteiger charge is 2.24. The number of fused-ring (bicyclic) bond motifs is 1. The number of hydrogen-bond acceptors (Lipinski definition) is 6. The highest BCUT2D eigenvalue weighted by molar-refractivity contribution is 6.08. The van der Waals surface area contributed by atoms with Gasteiger partial charge in [0.25, 0.3) is 5.91 Å². The van der Waals surface area contributed by atoms with Gasteiger partial charge in [-0.15, -0.1) is 0 Å². The van der Waals surface area contributed by atoms with Crippen LogP contribution >= 0.6 is 0 Å². The van der Waals surface area contributed by atoms with Crippen molar-refractivity contribution in [2.75, 3.05) is 32.1 Å². The molecule has 202 valence electrons. The zero-order valence-electron chi connectivity index (χ0n) is 23.0. The molecule has 8 heteroatoms. The van der Waals surface area contributed by atoms with Crippen molar-refractivity contribution in [1.29, 1.82) is 0 Å². The summed E-state index contributed by atoms with van der Waals surface area (Å²) >= 11 is 0. The maximum atomic E-state index is 13.3. The fraction of sp³-hybridized carbons (Fsp3) is 0.433. The molecule has 0 unspecified atom stereocenters. The predicted molar refractivity (Wildman–Crippen MR) is 150 cm³/mol. The summed E-state index contributed by atoms with van der Waals surface area (Å²) in [4.78, 5) is 31.8. The Morgan fingerprint density at radius 3 is 2.42 bits per heavy atom. The Morgan fingerprint density at radius 2 is 1.79 bits per heavy atom. The molecule has 2 aromatic carbocycles. The van der Waals surface area contributed by atoms with E-state index in [4.69, 9.17) is 9.47 Å². The Hall–Kier alpha value is -3.81. The number of carbonyl (C=O) groups excluding carboxylic acids is 2. The van der Waals surface area contributed by atoms with Crippen molar-refractivity contribution in [3.8, 4) is 11.5 Å². The van der Waals surface area contributed by atoms with Crippen LogP contribution in [-0.2, 0) is 4.79 Å². The molecule has 0 aliphatic carbocycles. The number of carbonyl (C=O) groups is 2. The number of methoxy groups -OCH3 is 1. The van der Waals surface area contributed by atoms with Gasteiger partial charge in [0.05, 0.1) is 30.5 Å². The van der Waals surface area contributed by atoms with E-state index in [0.717, 1.165) is 37.0 Å². The number of piperidine rings is 1. The summed E-state index contributed by atoms with van der Waals surface area (Å²) in [5.74, 6) is 1.52. The van der Waals surface area contributed by atoms with E-state index in [1.165, 1.54) is 0 Å². The lowest BCUT2D eigenvalue weighted by Gasteiger charge is -2.31. The second-order valence-corrected chi connectivity index (χ2v) is 10.8. The van der Waals surface area contributed by atoms with Crippen LogP contribution < -0.4 is 20.1 Å². The average molecular weight is 519 g/mol. The number of benzene rings is 2. The topological polar surface area (TPSA) is 92.8 Å². The largest absolute Gasteiger partial charge is 0.493 e. The van der Waals surface area contributed by atoms with Crippen molar-refractivity contribution < 1.29 is 19.1 Å². The van der Waals surface area contributed by atoms with Gasteiger partial charge in [0.2, 0.25) is 5.91 Å². The van der Waals surface area contributed by atoms with Crippen molar-refractivity contribution >= 4 is 34.1 Å². The third kappa shape index (κ3) is 6.54. The Morgan fingerprint density at radius 1 is 1.08 bits per heavy atom. The minimum absolute atomic E-state index is 0.206. The van der Waals surface area contributed by atoms with Crippen LogP contribution in [0.5, 0.6) is 11.5 Å². The molecule has 0 radical (unpaired) electrons. The number of nitrogens with zero attached hydrogens (tertiary/aromatic N) is 2. The van der Waals surface area contributed by atoms with Crippen LogP contribution in [0.1, 0.15) is 57.3 Å². The first-order chi connectivity index (χ1) is 18.2. The van der Waals surface area contributed by atoms with Crippen molar-refractivity contribution in [2.45, 2.75) is 52.5 Å². The summed E-state index contributed by atoms with van der Waals surface area (Å²) in [7, 11) is 1.61. The Balaban J connectivity index is 1.66. The van der Waals surface area contributed by atoms with Crippen LogP contribution in [0, 0.1) is 5.92 Å². The molecule has 0 spiro atoms. The molecule has 1 aliphatic rings. The van der Waals surface area contributed by atoms with Crippen molar-refractivity contribution in [2.24, 2.45) is 5.92 Å². The smallest absolute Gasteiger partial charge is 0.255 e. The number of amides is 2. The highest BCUT2D eigenvalue weighted by atomic mass is 16.5. The van der Waals surface area contributed by atoms with Gasteiger partial charge in [-0.1, -0.05) is 25.1 Å². The van der Waals surface area contributed by atoms with Gasteiger partial charge < -0.3 is 25.0 Å². The summed E-state index contributed by atoms with van der Waals surface area (Å²) in [6, 6.07) is 13.5. The number of anilines is 2. The third-order valence-corrected chi connectivity index (χ3v) is 6.67. The first-order valence-electron chi connectivity index (χ1n) is 13.2. The molecule has 1 saturated heterocycles. The van der Waals surface area contributed by atoms with E-state index < -0.39 is 5.54 Å². The second-order valence-electron chi connectivity index (χ2n) is 10.8. The lowest BCUT2D eigenvalue weighted by Crippen LogP contribution is -2.40. The zero-order valence-corrected chi connectivity index (χ0v) is 23.0. The molecule has 2 amide bonds. The molecule has 2 N–H and O–H groups in total. The van der Waals surface area contributed by atoms with Crippen LogP contribution in [0.25, 0.3) is 10.9 Å². The van der Waals surface area contributed by atoms with Gasteiger partial charge in [-0.05, 0) is 57.7 Å². The second kappa shape index (κ2) is 11.7. The summed E-state index contributed by atoms with van der Waals surface area (Å²) in [6.45, 7) is 9.79. The molecule has 4 rings (SSSR count). The highest BCUT2D eigenvalue weighted by Crippen LogP contribution is 2.38.